The molecule has 5 heteroatoms. The van der Waals surface area contributed by atoms with Crippen LogP contribution in [0.1, 0.15) is 18.4 Å². The quantitative estimate of drug-likeness (QED) is 0.822. The van der Waals surface area contributed by atoms with E-state index in [1.54, 1.807) is 0 Å². The van der Waals surface area contributed by atoms with E-state index in [1.165, 1.54) is 0 Å². The monoisotopic (exact) mass is 369 g/mol. The number of nitrogens with one attached hydrogen (secondary N) is 1. The molecule has 4 nitrogen and oxygen atoms in total. The third kappa shape index (κ3) is 3.56. The predicted molar refractivity (Wildman–Crippen MR) is 84.4 cm³/mol. The number of halogens is 1. The Morgan fingerprint density at radius 3 is 2.58 bits per heavy atom. The molecule has 19 heavy (non-hydrogen) atoms. The van der Waals surface area contributed by atoms with Gasteiger partial charge in [-0.25, -0.2) is 9.97 Å². The van der Waals surface area contributed by atoms with Crippen LogP contribution in [-0.4, -0.2) is 17.0 Å². The van der Waals surface area contributed by atoms with Gasteiger partial charge in [0.15, 0.2) is 5.82 Å². The molecule has 0 aliphatic carbocycles. The lowest BCUT2D eigenvalue weighted by Crippen LogP contribution is -2.09. The van der Waals surface area contributed by atoms with E-state index in [2.05, 4.69) is 44.8 Å². The number of benzene rings is 1. The maximum Gasteiger partial charge on any atom is 0.168 e. The van der Waals surface area contributed by atoms with Crippen molar-refractivity contribution >= 4 is 28.4 Å². The Labute approximate surface area is 126 Å². The highest BCUT2D eigenvalue weighted by molar-refractivity contribution is 14.1. The van der Waals surface area contributed by atoms with Crippen molar-refractivity contribution in [2.45, 2.75) is 20.0 Å². The fourth-order valence-electron chi connectivity index (χ4n) is 1.67. The second-order valence-electron chi connectivity index (χ2n) is 3.95. The Bertz CT molecular complexity index is 521. The van der Waals surface area contributed by atoms with Crippen molar-refractivity contribution in [1.82, 2.24) is 9.97 Å². The van der Waals surface area contributed by atoms with Crippen molar-refractivity contribution in [1.29, 1.82) is 0 Å². The van der Waals surface area contributed by atoms with Crippen molar-refractivity contribution in [3.63, 3.8) is 0 Å². The highest BCUT2D eigenvalue weighted by Gasteiger charge is 2.10. The van der Waals surface area contributed by atoms with Crippen molar-refractivity contribution in [3.05, 3.63) is 45.4 Å². The van der Waals surface area contributed by atoms with E-state index in [4.69, 9.17) is 4.74 Å². The minimum atomic E-state index is 0.378. The summed E-state index contributed by atoms with van der Waals surface area (Å²) in [5.41, 5.74) is 1.05. The van der Waals surface area contributed by atoms with E-state index < -0.39 is 0 Å². The van der Waals surface area contributed by atoms with Gasteiger partial charge in [-0.2, -0.15) is 0 Å². The summed E-state index contributed by atoms with van der Waals surface area (Å²) in [7, 11) is 1.87. The molecule has 0 atom stereocenters. The Kier molecular flexibility index (Phi) is 4.95. The lowest BCUT2D eigenvalue weighted by atomic mass is 10.3. The van der Waals surface area contributed by atoms with Gasteiger partial charge in [-0.15, -0.1) is 0 Å². The number of aryl methyl sites for hydroxylation is 1. The first-order valence-corrected chi connectivity index (χ1v) is 7.23. The number of aromatic nitrogens is 2. The van der Waals surface area contributed by atoms with Crippen LogP contribution in [0.2, 0.25) is 0 Å². The maximum atomic E-state index is 5.68. The SMILES string of the molecule is CCc1nc(COc2ccccc2)nc(NC)c1I. The van der Waals surface area contributed by atoms with Crippen LogP contribution in [0.15, 0.2) is 30.3 Å². The van der Waals surface area contributed by atoms with Gasteiger partial charge >= 0.3 is 0 Å². The molecule has 0 amide bonds. The van der Waals surface area contributed by atoms with Crippen LogP contribution < -0.4 is 10.1 Å². The summed E-state index contributed by atoms with van der Waals surface area (Å²) in [4.78, 5) is 8.99. The van der Waals surface area contributed by atoms with E-state index in [0.717, 1.165) is 27.3 Å². The average Bonchev–Trinajstić information content (AvgIpc) is 2.47. The molecule has 0 saturated carbocycles. The zero-order valence-electron chi connectivity index (χ0n) is 11.0. The molecule has 0 unspecified atom stereocenters. The molecule has 0 saturated heterocycles. The van der Waals surface area contributed by atoms with Gasteiger partial charge in [0, 0.05) is 7.05 Å². The van der Waals surface area contributed by atoms with E-state index in [1.807, 2.05) is 37.4 Å². The second-order valence-corrected chi connectivity index (χ2v) is 5.03. The fraction of sp³-hybridized carbons (Fsp3) is 0.286. The van der Waals surface area contributed by atoms with Gasteiger partial charge in [-0.05, 0) is 41.1 Å². The Morgan fingerprint density at radius 2 is 1.95 bits per heavy atom. The van der Waals surface area contributed by atoms with Crippen LogP contribution in [0.4, 0.5) is 5.82 Å². The van der Waals surface area contributed by atoms with Crippen molar-refractivity contribution < 1.29 is 4.74 Å². The lowest BCUT2D eigenvalue weighted by Gasteiger charge is -2.10. The topological polar surface area (TPSA) is 47.0 Å². The Hall–Kier alpha value is -1.37. The van der Waals surface area contributed by atoms with Gasteiger partial charge in [-0.1, -0.05) is 25.1 Å². The van der Waals surface area contributed by atoms with Crippen LogP contribution in [0.5, 0.6) is 5.75 Å². The second kappa shape index (κ2) is 6.70. The summed E-state index contributed by atoms with van der Waals surface area (Å²) in [5, 5.41) is 3.09. The minimum Gasteiger partial charge on any atom is -0.486 e. The smallest absolute Gasteiger partial charge is 0.168 e. The zero-order valence-corrected chi connectivity index (χ0v) is 13.1. The lowest BCUT2D eigenvalue weighted by molar-refractivity contribution is 0.295. The van der Waals surface area contributed by atoms with Crippen molar-refractivity contribution in [3.8, 4) is 5.75 Å². The van der Waals surface area contributed by atoms with Crippen LogP contribution in [0, 0.1) is 3.57 Å². The molecule has 1 aromatic heterocycles. The first kappa shape index (κ1) is 14.0. The summed E-state index contributed by atoms with van der Waals surface area (Å²) in [6, 6.07) is 9.70. The number of hydrogen-bond acceptors (Lipinski definition) is 4. The third-order valence-electron chi connectivity index (χ3n) is 2.65. The molecule has 0 bridgehead atoms. The fourth-order valence-corrected chi connectivity index (χ4v) is 2.57. The van der Waals surface area contributed by atoms with E-state index in [0.29, 0.717) is 12.4 Å². The number of para-hydroxylation sites is 1. The summed E-state index contributed by atoms with van der Waals surface area (Å²) in [6.07, 6.45) is 0.883. The standard InChI is InChI=1S/C14H16IN3O/c1-3-11-13(15)14(16-2)18-12(17-11)9-19-10-7-5-4-6-8-10/h4-8H,3,9H2,1-2H3,(H,16,17,18). The van der Waals surface area contributed by atoms with Gasteiger partial charge in [0.2, 0.25) is 0 Å². The number of anilines is 1. The van der Waals surface area contributed by atoms with Crippen LogP contribution in [0.25, 0.3) is 0 Å². The molecule has 2 aromatic rings. The summed E-state index contributed by atoms with van der Waals surface area (Å²) < 4.78 is 6.75. The first-order valence-electron chi connectivity index (χ1n) is 6.15. The van der Waals surface area contributed by atoms with Gasteiger partial charge in [0.25, 0.3) is 0 Å². The van der Waals surface area contributed by atoms with E-state index in [-0.39, 0.29) is 0 Å². The normalized spacial score (nSPS) is 10.3. The first-order chi connectivity index (χ1) is 9.24. The van der Waals surface area contributed by atoms with Gasteiger partial charge in [-0.3, -0.25) is 0 Å². The minimum absolute atomic E-state index is 0.378. The van der Waals surface area contributed by atoms with Crippen LogP contribution in [0.3, 0.4) is 0 Å². The molecule has 0 fully saturated rings. The molecular formula is C14H16IN3O. The van der Waals surface area contributed by atoms with Gasteiger partial charge in [0.1, 0.15) is 18.2 Å². The molecular weight excluding hydrogens is 353 g/mol. The van der Waals surface area contributed by atoms with Gasteiger partial charge < -0.3 is 10.1 Å². The maximum absolute atomic E-state index is 5.68. The van der Waals surface area contributed by atoms with Crippen molar-refractivity contribution in [2.75, 3.05) is 12.4 Å². The molecule has 0 radical (unpaired) electrons. The van der Waals surface area contributed by atoms with Crippen LogP contribution in [-0.2, 0) is 13.0 Å². The summed E-state index contributed by atoms with van der Waals surface area (Å²) in [5.74, 6) is 2.39. The molecule has 2 rings (SSSR count). The Balaban J connectivity index is 2.16. The largest absolute Gasteiger partial charge is 0.486 e. The molecule has 1 heterocycles. The van der Waals surface area contributed by atoms with E-state index in [9.17, 15) is 0 Å². The number of rotatable bonds is 5. The highest BCUT2D eigenvalue weighted by Crippen LogP contribution is 2.20. The Morgan fingerprint density at radius 1 is 1.21 bits per heavy atom. The number of hydrogen-bond donors (Lipinski definition) is 1. The molecule has 100 valence electrons. The predicted octanol–water partition coefficient (Wildman–Crippen LogP) is 3.26. The zero-order chi connectivity index (χ0) is 13.7. The third-order valence-corrected chi connectivity index (χ3v) is 3.78. The van der Waals surface area contributed by atoms with Gasteiger partial charge in [0.05, 0.1) is 9.26 Å². The average molecular weight is 369 g/mol. The van der Waals surface area contributed by atoms with E-state index >= 15 is 0 Å². The molecule has 1 N–H and O–H groups in total. The number of nitrogens with zero attached hydrogens (tertiary/aromatic N) is 2. The summed E-state index contributed by atoms with van der Waals surface area (Å²) in [6.45, 7) is 2.47. The molecule has 1 aromatic carbocycles. The molecule has 0 aliphatic heterocycles. The van der Waals surface area contributed by atoms with Crippen molar-refractivity contribution in [2.24, 2.45) is 0 Å². The van der Waals surface area contributed by atoms with Crippen LogP contribution >= 0.6 is 22.6 Å². The molecule has 0 aliphatic rings. The summed E-state index contributed by atoms with van der Waals surface area (Å²) >= 11 is 2.27. The highest BCUT2D eigenvalue weighted by atomic mass is 127. The number of ether oxygens (including phenoxy) is 1. The molecule has 0 spiro atoms.